The zero-order valence-corrected chi connectivity index (χ0v) is 13.6. The number of carbonyl (C=O) groups excluding carboxylic acids is 1. The number of rotatable bonds is 6. The first kappa shape index (κ1) is 15.7. The fourth-order valence-corrected chi connectivity index (χ4v) is 2.39. The molecular formula is C17H19BrN2O. The number of hydrogen-bond donors (Lipinski definition) is 2. The molecule has 3 nitrogen and oxygen atoms in total. The Kier molecular flexibility index (Phi) is 5.53. The Morgan fingerprint density at radius 1 is 1.10 bits per heavy atom. The predicted molar refractivity (Wildman–Crippen MR) is 89.1 cm³/mol. The van der Waals surface area contributed by atoms with Crippen molar-refractivity contribution >= 4 is 21.8 Å². The molecule has 0 bridgehead atoms. The second-order valence-corrected chi connectivity index (χ2v) is 6.09. The van der Waals surface area contributed by atoms with Crippen molar-refractivity contribution in [3.05, 3.63) is 69.7 Å². The maximum absolute atomic E-state index is 11.0. The van der Waals surface area contributed by atoms with E-state index in [0.29, 0.717) is 11.6 Å². The molecule has 2 rings (SSSR count). The van der Waals surface area contributed by atoms with Crippen molar-refractivity contribution in [3.63, 3.8) is 0 Å². The zero-order valence-electron chi connectivity index (χ0n) is 12.0. The highest BCUT2D eigenvalue weighted by atomic mass is 79.9. The highest BCUT2D eigenvalue weighted by Crippen LogP contribution is 2.12. The van der Waals surface area contributed by atoms with Gasteiger partial charge >= 0.3 is 0 Å². The molecule has 0 fully saturated rings. The van der Waals surface area contributed by atoms with Crippen LogP contribution >= 0.6 is 15.9 Å². The van der Waals surface area contributed by atoms with Crippen LogP contribution in [0.3, 0.4) is 0 Å². The van der Waals surface area contributed by atoms with E-state index in [1.807, 2.05) is 12.1 Å². The van der Waals surface area contributed by atoms with Gasteiger partial charge in [-0.05, 0) is 48.7 Å². The predicted octanol–water partition coefficient (Wildman–Crippen LogP) is 3.27. The number of primary amides is 1. The SMILES string of the molecule is CC(Cc1ccc(Br)cc1)NCc1ccc(C(N)=O)cc1. The van der Waals surface area contributed by atoms with Gasteiger partial charge in [0, 0.05) is 22.6 Å². The van der Waals surface area contributed by atoms with Crippen molar-refractivity contribution in [1.82, 2.24) is 5.32 Å². The molecule has 1 amide bonds. The summed E-state index contributed by atoms with van der Waals surface area (Å²) in [6.45, 7) is 2.94. The largest absolute Gasteiger partial charge is 0.366 e. The summed E-state index contributed by atoms with van der Waals surface area (Å²) in [6, 6.07) is 16.1. The summed E-state index contributed by atoms with van der Waals surface area (Å²) in [4.78, 5) is 11.0. The van der Waals surface area contributed by atoms with Gasteiger partial charge in [-0.25, -0.2) is 0 Å². The fraction of sp³-hybridized carbons (Fsp3) is 0.235. The van der Waals surface area contributed by atoms with Gasteiger partial charge in [0.1, 0.15) is 0 Å². The van der Waals surface area contributed by atoms with Crippen molar-refractivity contribution in [1.29, 1.82) is 0 Å². The molecule has 110 valence electrons. The molecule has 4 heteroatoms. The van der Waals surface area contributed by atoms with Crippen LogP contribution < -0.4 is 11.1 Å². The van der Waals surface area contributed by atoms with Gasteiger partial charge in [-0.1, -0.05) is 40.2 Å². The van der Waals surface area contributed by atoms with Gasteiger partial charge in [0.2, 0.25) is 5.91 Å². The van der Waals surface area contributed by atoms with E-state index in [2.05, 4.69) is 52.4 Å². The van der Waals surface area contributed by atoms with Crippen LogP contribution in [0.4, 0.5) is 0 Å². The Balaban J connectivity index is 1.84. The molecule has 3 N–H and O–H groups in total. The smallest absolute Gasteiger partial charge is 0.248 e. The van der Waals surface area contributed by atoms with Crippen LogP contribution in [0.1, 0.15) is 28.4 Å². The molecule has 0 aliphatic heterocycles. The molecule has 0 aromatic heterocycles. The number of nitrogens with two attached hydrogens (primary N) is 1. The third-order valence-electron chi connectivity index (χ3n) is 3.35. The maximum Gasteiger partial charge on any atom is 0.248 e. The van der Waals surface area contributed by atoms with Crippen LogP contribution in [-0.2, 0) is 13.0 Å². The quantitative estimate of drug-likeness (QED) is 0.843. The standard InChI is InChI=1S/C17H19BrN2O/c1-12(10-13-4-8-16(18)9-5-13)20-11-14-2-6-15(7-3-14)17(19)21/h2-9,12,20H,10-11H2,1H3,(H2,19,21). The van der Waals surface area contributed by atoms with Crippen molar-refractivity contribution in [2.75, 3.05) is 0 Å². The summed E-state index contributed by atoms with van der Waals surface area (Å²) in [5.41, 5.74) is 8.22. The van der Waals surface area contributed by atoms with Crippen molar-refractivity contribution in [2.45, 2.75) is 25.9 Å². The lowest BCUT2D eigenvalue weighted by atomic mass is 10.1. The molecule has 0 aliphatic carbocycles. The second-order valence-electron chi connectivity index (χ2n) is 5.17. The summed E-state index contributed by atoms with van der Waals surface area (Å²) >= 11 is 3.44. The lowest BCUT2D eigenvalue weighted by molar-refractivity contribution is 0.100. The molecule has 2 aromatic rings. The maximum atomic E-state index is 11.0. The fourth-order valence-electron chi connectivity index (χ4n) is 2.13. The van der Waals surface area contributed by atoms with Crippen LogP contribution in [-0.4, -0.2) is 11.9 Å². The summed E-state index contributed by atoms with van der Waals surface area (Å²) in [7, 11) is 0. The molecule has 2 aromatic carbocycles. The van der Waals surface area contributed by atoms with Crippen molar-refractivity contribution < 1.29 is 4.79 Å². The highest BCUT2D eigenvalue weighted by Gasteiger charge is 2.04. The Labute approximate surface area is 133 Å². The van der Waals surface area contributed by atoms with Gasteiger partial charge in [0.25, 0.3) is 0 Å². The van der Waals surface area contributed by atoms with E-state index in [9.17, 15) is 4.79 Å². The van der Waals surface area contributed by atoms with Crippen LogP contribution in [0.2, 0.25) is 0 Å². The van der Waals surface area contributed by atoms with Gasteiger partial charge in [-0.3, -0.25) is 4.79 Å². The number of amides is 1. The molecule has 0 aliphatic rings. The summed E-state index contributed by atoms with van der Waals surface area (Å²) in [5.74, 6) is -0.391. The zero-order chi connectivity index (χ0) is 15.2. The molecule has 21 heavy (non-hydrogen) atoms. The molecule has 0 spiro atoms. The number of carbonyl (C=O) groups is 1. The molecular weight excluding hydrogens is 328 g/mol. The van der Waals surface area contributed by atoms with E-state index in [1.165, 1.54) is 5.56 Å². The Hall–Kier alpha value is -1.65. The number of nitrogens with one attached hydrogen (secondary N) is 1. The van der Waals surface area contributed by atoms with E-state index in [0.717, 1.165) is 23.0 Å². The van der Waals surface area contributed by atoms with E-state index in [4.69, 9.17) is 5.73 Å². The average Bonchev–Trinajstić information content (AvgIpc) is 2.48. The normalized spacial score (nSPS) is 12.1. The van der Waals surface area contributed by atoms with Crippen LogP contribution in [0.25, 0.3) is 0 Å². The topological polar surface area (TPSA) is 55.1 Å². The van der Waals surface area contributed by atoms with E-state index < -0.39 is 5.91 Å². The van der Waals surface area contributed by atoms with Gasteiger partial charge in [-0.2, -0.15) is 0 Å². The van der Waals surface area contributed by atoms with Crippen molar-refractivity contribution in [3.8, 4) is 0 Å². The van der Waals surface area contributed by atoms with Crippen LogP contribution in [0.15, 0.2) is 53.0 Å². The Morgan fingerprint density at radius 3 is 2.24 bits per heavy atom. The lowest BCUT2D eigenvalue weighted by Gasteiger charge is -2.14. The third kappa shape index (κ3) is 4.99. The first-order chi connectivity index (χ1) is 10.0. The summed E-state index contributed by atoms with van der Waals surface area (Å²) < 4.78 is 1.10. The lowest BCUT2D eigenvalue weighted by Crippen LogP contribution is -2.27. The third-order valence-corrected chi connectivity index (χ3v) is 3.88. The number of benzene rings is 2. The first-order valence-electron chi connectivity index (χ1n) is 6.91. The Morgan fingerprint density at radius 2 is 1.67 bits per heavy atom. The average molecular weight is 347 g/mol. The van der Waals surface area contributed by atoms with Crippen LogP contribution in [0.5, 0.6) is 0 Å². The van der Waals surface area contributed by atoms with Gasteiger partial charge in [-0.15, -0.1) is 0 Å². The molecule has 1 unspecified atom stereocenters. The second kappa shape index (κ2) is 7.38. The van der Waals surface area contributed by atoms with Gasteiger partial charge in [0.05, 0.1) is 0 Å². The van der Waals surface area contributed by atoms with Crippen molar-refractivity contribution in [2.24, 2.45) is 5.73 Å². The molecule has 0 saturated carbocycles. The van der Waals surface area contributed by atoms with Crippen LogP contribution in [0, 0.1) is 0 Å². The Bertz CT molecular complexity index is 593. The molecule has 1 atom stereocenters. The molecule has 0 saturated heterocycles. The van der Waals surface area contributed by atoms with Gasteiger partial charge in [0.15, 0.2) is 0 Å². The van der Waals surface area contributed by atoms with E-state index in [1.54, 1.807) is 12.1 Å². The minimum atomic E-state index is -0.391. The molecule has 0 radical (unpaired) electrons. The number of hydrogen-bond acceptors (Lipinski definition) is 2. The minimum Gasteiger partial charge on any atom is -0.366 e. The summed E-state index contributed by atoms with van der Waals surface area (Å²) in [6.07, 6.45) is 0.979. The summed E-state index contributed by atoms with van der Waals surface area (Å²) in [5, 5.41) is 3.48. The monoisotopic (exact) mass is 346 g/mol. The molecule has 0 heterocycles. The minimum absolute atomic E-state index is 0.377. The first-order valence-corrected chi connectivity index (χ1v) is 7.70. The van der Waals surface area contributed by atoms with E-state index >= 15 is 0 Å². The van der Waals surface area contributed by atoms with E-state index in [-0.39, 0.29) is 0 Å². The highest BCUT2D eigenvalue weighted by molar-refractivity contribution is 9.10. The van der Waals surface area contributed by atoms with Gasteiger partial charge < -0.3 is 11.1 Å². The number of halogens is 1.